The van der Waals surface area contributed by atoms with Gasteiger partial charge < -0.3 is 29.3 Å². The number of aromatic hydroxyl groups is 1. The maximum atomic E-state index is 13.1. The fourth-order valence-electron chi connectivity index (χ4n) is 3.84. The van der Waals surface area contributed by atoms with Crippen molar-refractivity contribution >= 4 is 17.4 Å². The summed E-state index contributed by atoms with van der Waals surface area (Å²) in [4.78, 5) is 27.4. The van der Waals surface area contributed by atoms with E-state index in [0.29, 0.717) is 30.1 Å². The maximum Gasteiger partial charge on any atom is 0.295 e. The molecule has 8 nitrogen and oxygen atoms in total. The molecule has 1 saturated heterocycles. The summed E-state index contributed by atoms with van der Waals surface area (Å²) in [5, 5.41) is 21.3. The first-order valence-corrected chi connectivity index (χ1v) is 11.4. The molecule has 3 rings (SSSR count). The number of unbranched alkanes of at least 4 members (excludes halogenated alkanes) is 1. The van der Waals surface area contributed by atoms with Crippen LogP contribution in [0.15, 0.2) is 48.0 Å². The van der Waals surface area contributed by atoms with Gasteiger partial charge in [0, 0.05) is 19.2 Å². The van der Waals surface area contributed by atoms with E-state index in [2.05, 4.69) is 6.92 Å². The van der Waals surface area contributed by atoms with E-state index in [1.54, 1.807) is 43.3 Å². The molecule has 0 radical (unpaired) electrons. The molecule has 0 aromatic heterocycles. The predicted molar refractivity (Wildman–Crippen MR) is 127 cm³/mol. The Morgan fingerprint density at radius 2 is 1.85 bits per heavy atom. The number of ketones is 1. The number of aliphatic hydroxyl groups is 1. The van der Waals surface area contributed by atoms with Crippen LogP contribution >= 0.6 is 0 Å². The number of hydrogen-bond acceptors (Lipinski definition) is 7. The second-order valence-corrected chi connectivity index (χ2v) is 7.88. The third kappa shape index (κ3) is 5.34. The van der Waals surface area contributed by atoms with Crippen LogP contribution in [0.25, 0.3) is 5.76 Å². The maximum absolute atomic E-state index is 13.1. The number of carbonyl (C=O) groups is 2. The Labute approximate surface area is 199 Å². The van der Waals surface area contributed by atoms with Crippen LogP contribution < -0.4 is 9.47 Å². The van der Waals surface area contributed by atoms with Crippen molar-refractivity contribution in [3.63, 3.8) is 0 Å². The van der Waals surface area contributed by atoms with Crippen LogP contribution in [0.2, 0.25) is 0 Å². The van der Waals surface area contributed by atoms with Gasteiger partial charge in [-0.05, 0) is 43.2 Å². The van der Waals surface area contributed by atoms with E-state index in [9.17, 15) is 19.8 Å². The minimum atomic E-state index is -0.875. The molecule has 0 spiro atoms. The summed E-state index contributed by atoms with van der Waals surface area (Å²) in [5.41, 5.74) is 0.848. The molecular formula is C26H31NO7. The van der Waals surface area contributed by atoms with Gasteiger partial charge in [-0.1, -0.05) is 31.5 Å². The molecular weight excluding hydrogens is 438 g/mol. The minimum absolute atomic E-state index is 0.0417. The number of carbonyl (C=O) groups excluding carboxylic acids is 2. The molecule has 0 aliphatic carbocycles. The molecule has 0 saturated carbocycles. The van der Waals surface area contributed by atoms with Gasteiger partial charge in [-0.2, -0.15) is 0 Å². The largest absolute Gasteiger partial charge is 0.507 e. The van der Waals surface area contributed by atoms with Gasteiger partial charge in [0.2, 0.25) is 0 Å². The third-order valence-electron chi connectivity index (χ3n) is 5.55. The molecule has 1 fully saturated rings. The van der Waals surface area contributed by atoms with E-state index in [4.69, 9.17) is 14.2 Å². The molecule has 1 aliphatic rings. The highest BCUT2D eigenvalue weighted by atomic mass is 16.5. The number of Topliss-reactive ketones (excluding diaryl/α,β-unsaturated/α-hetero) is 1. The van der Waals surface area contributed by atoms with Crippen LogP contribution in [-0.4, -0.2) is 60.3 Å². The highest BCUT2D eigenvalue weighted by Crippen LogP contribution is 2.42. The molecule has 1 aliphatic heterocycles. The monoisotopic (exact) mass is 469 g/mol. The van der Waals surface area contributed by atoms with Crippen molar-refractivity contribution in [2.75, 3.05) is 33.5 Å². The lowest BCUT2D eigenvalue weighted by Crippen LogP contribution is -2.32. The number of rotatable bonds is 11. The summed E-state index contributed by atoms with van der Waals surface area (Å²) < 4.78 is 16.4. The Morgan fingerprint density at radius 3 is 2.56 bits per heavy atom. The lowest BCUT2D eigenvalue weighted by molar-refractivity contribution is -0.140. The fraction of sp³-hybridized carbons (Fsp3) is 0.385. The van der Waals surface area contributed by atoms with Crippen LogP contribution in [0.1, 0.15) is 43.9 Å². The molecule has 1 amide bonds. The molecule has 0 bridgehead atoms. The zero-order valence-electron chi connectivity index (χ0n) is 19.7. The SMILES string of the molecule is CCCCOc1cccc(C(O)=C2C(=O)C(=O)N(CCOC)C2c2ccc(O)c(OCC)c2)c1. The molecule has 2 aromatic rings. The van der Waals surface area contributed by atoms with Crippen LogP contribution in [0.5, 0.6) is 17.2 Å². The van der Waals surface area contributed by atoms with Gasteiger partial charge in [-0.3, -0.25) is 9.59 Å². The molecule has 2 N–H and O–H groups in total. The number of phenolic OH excluding ortho intramolecular Hbond substituents is 1. The number of likely N-dealkylation sites (tertiary alicyclic amines) is 1. The molecule has 1 unspecified atom stereocenters. The zero-order chi connectivity index (χ0) is 24.7. The number of methoxy groups -OCH3 is 1. The summed E-state index contributed by atoms with van der Waals surface area (Å²) in [6.45, 7) is 5.07. The Kier molecular flexibility index (Phi) is 8.54. The van der Waals surface area contributed by atoms with Crippen molar-refractivity contribution in [2.24, 2.45) is 0 Å². The van der Waals surface area contributed by atoms with Gasteiger partial charge in [0.1, 0.15) is 11.5 Å². The number of amides is 1. The summed E-state index contributed by atoms with van der Waals surface area (Å²) in [6.07, 6.45) is 1.88. The number of hydrogen-bond donors (Lipinski definition) is 2. The molecule has 182 valence electrons. The van der Waals surface area contributed by atoms with Crippen molar-refractivity contribution in [3.05, 3.63) is 59.2 Å². The normalized spacial score (nSPS) is 17.3. The Hall–Kier alpha value is -3.52. The van der Waals surface area contributed by atoms with Gasteiger partial charge in [0.15, 0.2) is 11.5 Å². The van der Waals surface area contributed by atoms with Gasteiger partial charge in [-0.25, -0.2) is 0 Å². The van der Waals surface area contributed by atoms with E-state index in [0.717, 1.165) is 12.8 Å². The van der Waals surface area contributed by atoms with E-state index in [1.807, 2.05) is 0 Å². The first-order valence-electron chi connectivity index (χ1n) is 11.4. The number of phenols is 1. The molecule has 8 heteroatoms. The minimum Gasteiger partial charge on any atom is -0.507 e. The number of ether oxygens (including phenoxy) is 3. The highest BCUT2D eigenvalue weighted by molar-refractivity contribution is 6.46. The second-order valence-electron chi connectivity index (χ2n) is 7.88. The van der Waals surface area contributed by atoms with E-state index < -0.39 is 17.7 Å². The van der Waals surface area contributed by atoms with Crippen molar-refractivity contribution in [3.8, 4) is 17.2 Å². The second kappa shape index (κ2) is 11.6. The first-order chi connectivity index (χ1) is 16.4. The quantitative estimate of drug-likeness (QED) is 0.221. The van der Waals surface area contributed by atoms with Gasteiger partial charge >= 0.3 is 0 Å². The predicted octanol–water partition coefficient (Wildman–Crippen LogP) is 4.04. The van der Waals surface area contributed by atoms with Crippen LogP contribution in [0, 0.1) is 0 Å². The van der Waals surface area contributed by atoms with Crippen molar-refractivity contribution in [1.82, 2.24) is 4.90 Å². The summed E-state index contributed by atoms with van der Waals surface area (Å²) in [5.74, 6) is -1.09. The van der Waals surface area contributed by atoms with Gasteiger partial charge in [0.25, 0.3) is 11.7 Å². The Balaban J connectivity index is 2.10. The topological polar surface area (TPSA) is 106 Å². The zero-order valence-corrected chi connectivity index (χ0v) is 19.7. The highest BCUT2D eigenvalue weighted by Gasteiger charge is 2.46. The molecule has 1 atom stereocenters. The lowest BCUT2D eigenvalue weighted by Gasteiger charge is -2.25. The smallest absolute Gasteiger partial charge is 0.295 e. The number of aliphatic hydroxyl groups excluding tert-OH is 1. The van der Waals surface area contributed by atoms with Crippen LogP contribution in [0.3, 0.4) is 0 Å². The van der Waals surface area contributed by atoms with Crippen molar-refractivity contribution in [1.29, 1.82) is 0 Å². The molecule has 2 aromatic carbocycles. The van der Waals surface area contributed by atoms with Gasteiger partial charge in [-0.15, -0.1) is 0 Å². The molecule has 1 heterocycles. The van der Waals surface area contributed by atoms with E-state index in [-0.39, 0.29) is 36.0 Å². The van der Waals surface area contributed by atoms with E-state index in [1.165, 1.54) is 18.1 Å². The number of benzene rings is 2. The van der Waals surface area contributed by atoms with Crippen LogP contribution in [-0.2, 0) is 14.3 Å². The third-order valence-corrected chi connectivity index (χ3v) is 5.55. The first kappa shape index (κ1) is 25.1. The number of nitrogens with zero attached hydrogens (tertiary/aromatic N) is 1. The van der Waals surface area contributed by atoms with Crippen molar-refractivity contribution < 1.29 is 34.0 Å². The fourth-order valence-corrected chi connectivity index (χ4v) is 3.84. The standard InChI is InChI=1S/C26H31NO7/c1-4-6-13-34-19-9-7-8-18(15-19)24(29)22-23(27(12-14-32-3)26(31)25(22)30)17-10-11-20(28)21(16-17)33-5-2/h7-11,15-16,23,28-29H,4-6,12-14H2,1-3H3. The Morgan fingerprint density at radius 1 is 1.06 bits per heavy atom. The van der Waals surface area contributed by atoms with E-state index >= 15 is 0 Å². The molecule has 34 heavy (non-hydrogen) atoms. The average Bonchev–Trinajstić information content (AvgIpc) is 3.09. The Bertz CT molecular complexity index is 1060. The van der Waals surface area contributed by atoms with Crippen molar-refractivity contribution in [2.45, 2.75) is 32.7 Å². The summed E-state index contributed by atoms with van der Waals surface area (Å²) in [7, 11) is 1.50. The lowest BCUT2D eigenvalue weighted by atomic mass is 9.95. The van der Waals surface area contributed by atoms with Crippen LogP contribution in [0.4, 0.5) is 0 Å². The summed E-state index contributed by atoms with van der Waals surface area (Å²) >= 11 is 0. The summed E-state index contributed by atoms with van der Waals surface area (Å²) in [6, 6.07) is 10.5. The average molecular weight is 470 g/mol. The van der Waals surface area contributed by atoms with Gasteiger partial charge in [0.05, 0.1) is 31.4 Å².